The first kappa shape index (κ1) is 17.2. The van der Waals surface area contributed by atoms with Crippen LogP contribution in [0.2, 0.25) is 0 Å². The second-order valence-corrected chi connectivity index (χ2v) is 8.97. The molecule has 6 heteroatoms. The Morgan fingerprint density at radius 2 is 1.90 bits per heavy atom. The first-order chi connectivity index (χ1) is 9.86. The van der Waals surface area contributed by atoms with E-state index in [4.69, 9.17) is 0 Å². The minimum absolute atomic E-state index is 0.494. The molecule has 2 rings (SSSR count). The smallest absolute Gasteiger partial charge is 0.211 e. The summed E-state index contributed by atoms with van der Waals surface area (Å²) < 4.78 is 25.1. The lowest BCUT2D eigenvalue weighted by Gasteiger charge is -2.35. The summed E-state index contributed by atoms with van der Waals surface area (Å²) in [4.78, 5) is 2.58. The van der Waals surface area contributed by atoms with Gasteiger partial charge in [-0.3, -0.25) is 4.90 Å². The van der Waals surface area contributed by atoms with E-state index in [0.29, 0.717) is 31.1 Å². The van der Waals surface area contributed by atoms with Gasteiger partial charge >= 0.3 is 0 Å². The van der Waals surface area contributed by atoms with Crippen LogP contribution in [-0.4, -0.2) is 68.7 Å². The molecule has 0 aliphatic carbocycles. The standard InChI is InChI=1S/C15H31N3O2S/c1-13(2)16-10-15-7-5-8-17(15)11-14-6-4-9-18(12-14)21(3,19)20/h13-16H,4-12H2,1-3H3. The molecule has 0 bridgehead atoms. The summed E-state index contributed by atoms with van der Waals surface area (Å²) in [7, 11) is -3.02. The molecule has 0 saturated carbocycles. The van der Waals surface area contributed by atoms with E-state index in [9.17, 15) is 8.42 Å². The number of piperidine rings is 1. The van der Waals surface area contributed by atoms with Gasteiger partial charge in [0.25, 0.3) is 0 Å². The Balaban J connectivity index is 1.85. The number of nitrogens with zero attached hydrogens (tertiary/aromatic N) is 2. The fourth-order valence-electron chi connectivity index (χ4n) is 3.55. The third-order valence-corrected chi connectivity index (χ3v) is 5.97. The van der Waals surface area contributed by atoms with Gasteiger partial charge < -0.3 is 5.32 Å². The minimum Gasteiger partial charge on any atom is -0.313 e. The van der Waals surface area contributed by atoms with Crippen LogP contribution < -0.4 is 5.32 Å². The van der Waals surface area contributed by atoms with Crippen LogP contribution in [-0.2, 0) is 10.0 Å². The topological polar surface area (TPSA) is 52.6 Å². The molecule has 2 aliphatic rings. The average molecular weight is 317 g/mol. The summed E-state index contributed by atoms with van der Waals surface area (Å²) in [6.07, 6.45) is 6.03. The highest BCUT2D eigenvalue weighted by atomic mass is 32.2. The van der Waals surface area contributed by atoms with Crippen LogP contribution in [0.5, 0.6) is 0 Å². The van der Waals surface area contributed by atoms with Crippen molar-refractivity contribution in [3.8, 4) is 0 Å². The second kappa shape index (κ2) is 7.40. The summed E-state index contributed by atoms with van der Waals surface area (Å²) >= 11 is 0. The van der Waals surface area contributed by atoms with E-state index < -0.39 is 10.0 Å². The number of nitrogens with one attached hydrogen (secondary N) is 1. The summed E-state index contributed by atoms with van der Waals surface area (Å²) in [6, 6.07) is 1.16. The predicted molar refractivity (Wildman–Crippen MR) is 86.9 cm³/mol. The lowest BCUT2D eigenvalue weighted by Crippen LogP contribution is -2.46. The van der Waals surface area contributed by atoms with Crippen molar-refractivity contribution in [1.29, 1.82) is 0 Å². The van der Waals surface area contributed by atoms with Crippen molar-refractivity contribution in [2.45, 2.75) is 51.6 Å². The summed E-state index contributed by atoms with van der Waals surface area (Å²) in [5, 5.41) is 3.54. The van der Waals surface area contributed by atoms with E-state index >= 15 is 0 Å². The Bertz CT molecular complexity index is 425. The van der Waals surface area contributed by atoms with Crippen molar-refractivity contribution < 1.29 is 8.42 Å². The molecule has 0 aromatic heterocycles. The Hall–Kier alpha value is -0.170. The van der Waals surface area contributed by atoms with Gasteiger partial charge in [-0.2, -0.15) is 0 Å². The van der Waals surface area contributed by atoms with Crippen molar-refractivity contribution in [2.24, 2.45) is 5.92 Å². The summed E-state index contributed by atoms with van der Waals surface area (Å²) in [5.41, 5.74) is 0. The molecule has 1 N–H and O–H groups in total. The Kier molecular flexibility index (Phi) is 6.05. The molecule has 21 heavy (non-hydrogen) atoms. The van der Waals surface area contributed by atoms with Crippen molar-refractivity contribution in [3.63, 3.8) is 0 Å². The van der Waals surface area contributed by atoms with Gasteiger partial charge in [-0.1, -0.05) is 13.8 Å². The first-order valence-electron chi connectivity index (χ1n) is 8.29. The Labute approximate surface area is 130 Å². The van der Waals surface area contributed by atoms with Gasteiger partial charge in [-0.05, 0) is 38.1 Å². The van der Waals surface area contributed by atoms with E-state index in [2.05, 4.69) is 24.1 Å². The lowest BCUT2D eigenvalue weighted by molar-refractivity contribution is 0.165. The second-order valence-electron chi connectivity index (χ2n) is 6.98. The number of likely N-dealkylation sites (tertiary alicyclic amines) is 1. The predicted octanol–water partition coefficient (Wildman–Crippen LogP) is 1.12. The number of rotatable bonds is 6. The third kappa shape index (κ3) is 5.20. The summed E-state index contributed by atoms with van der Waals surface area (Å²) in [5.74, 6) is 0.494. The van der Waals surface area contributed by atoms with Gasteiger partial charge in [0.2, 0.25) is 10.0 Å². The van der Waals surface area contributed by atoms with Gasteiger partial charge in [0.05, 0.1) is 6.26 Å². The number of hydrogen-bond acceptors (Lipinski definition) is 4. The molecule has 2 fully saturated rings. The molecule has 0 aromatic rings. The normalized spacial score (nSPS) is 29.3. The largest absolute Gasteiger partial charge is 0.313 e. The molecule has 0 aromatic carbocycles. The Morgan fingerprint density at radius 3 is 2.57 bits per heavy atom. The van der Waals surface area contributed by atoms with Gasteiger partial charge in [0.15, 0.2) is 0 Å². The first-order valence-corrected chi connectivity index (χ1v) is 10.1. The van der Waals surface area contributed by atoms with Gasteiger partial charge in [0, 0.05) is 38.3 Å². The van der Waals surface area contributed by atoms with Crippen molar-refractivity contribution in [1.82, 2.24) is 14.5 Å². The van der Waals surface area contributed by atoms with Gasteiger partial charge in [-0.25, -0.2) is 12.7 Å². The molecule has 0 amide bonds. The monoisotopic (exact) mass is 317 g/mol. The van der Waals surface area contributed by atoms with E-state index in [1.807, 2.05) is 0 Å². The van der Waals surface area contributed by atoms with Crippen molar-refractivity contribution in [2.75, 3.05) is 39.0 Å². The zero-order valence-electron chi connectivity index (χ0n) is 13.7. The molecule has 2 atom stereocenters. The van der Waals surface area contributed by atoms with Crippen LogP contribution in [0.3, 0.4) is 0 Å². The van der Waals surface area contributed by atoms with Crippen LogP contribution >= 0.6 is 0 Å². The Morgan fingerprint density at radius 1 is 1.19 bits per heavy atom. The molecule has 2 unspecified atom stereocenters. The van der Waals surface area contributed by atoms with Crippen LogP contribution in [0.25, 0.3) is 0 Å². The molecule has 2 saturated heterocycles. The third-order valence-electron chi connectivity index (χ3n) is 4.70. The van der Waals surface area contributed by atoms with Crippen LogP contribution in [0.4, 0.5) is 0 Å². The minimum atomic E-state index is -3.02. The number of sulfonamides is 1. The maximum atomic E-state index is 11.7. The molecule has 0 spiro atoms. The van der Waals surface area contributed by atoms with Crippen molar-refractivity contribution in [3.05, 3.63) is 0 Å². The molecule has 5 nitrogen and oxygen atoms in total. The van der Waals surface area contributed by atoms with E-state index in [0.717, 1.165) is 25.9 Å². The highest BCUT2D eigenvalue weighted by Crippen LogP contribution is 2.24. The van der Waals surface area contributed by atoms with E-state index in [1.54, 1.807) is 4.31 Å². The summed E-state index contributed by atoms with van der Waals surface area (Å²) in [6.45, 7) is 9.05. The molecule has 0 radical (unpaired) electrons. The fourth-order valence-corrected chi connectivity index (χ4v) is 4.49. The van der Waals surface area contributed by atoms with Crippen molar-refractivity contribution >= 4 is 10.0 Å². The molecule has 2 heterocycles. The molecule has 2 aliphatic heterocycles. The number of hydrogen-bond donors (Lipinski definition) is 1. The molecular weight excluding hydrogens is 286 g/mol. The van der Waals surface area contributed by atoms with Gasteiger partial charge in [0.1, 0.15) is 0 Å². The van der Waals surface area contributed by atoms with E-state index in [1.165, 1.54) is 25.6 Å². The maximum absolute atomic E-state index is 11.7. The molecular formula is C15H31N3O2S. The fraction of sp³-hybridized carbons (Fsp3) is 1.00. The quantitative estimate of drug-likeness (QED) is 0.798. The zero-order chi connectivity index (χ0) is 15.5. The maximum Gasteiger partial charge on any atom is 0.211 e. The SMILES string of the molecule is CC(C)NCC1CCCN1CC1CCCN(S(C)(=O)=O)C1. The van der Waals surface area contributed by atoms with Crippen LogP contribution in [0.15, 0.2) is 0 Å². The average Bonchev–Trinajstić information content (AvgIpc) is 2.83. The highest BCUT2D eigenvalue weighted by molar-refractivity contribution is 7.88. The van der Waals surface area contributed by atoms with Crippen LogP contribution in [0.1, 0.15) is 39.5 Å². The molecule has 124 valence electrons. The van der Waals surface area contributed by atoms with Crippen LogP contribution in [0, 0.1) is 5.92 Å². The highest BCUT2D eigenvalue weighted by Gasteiger charge is 2.31. The zero-order valence-corrected chi connectivity index (χ0v) is 14.5. The lowest BCUT2D eigenvalue weighted by atomic mass is 9.98. The van der Waals surface area contributed by atoms with E-state index in [-0.39, 0.29) is 0 Å². The van der Waals surface area contributed by atoms with Gasteiger partial charge in [-0.15, -0.1) is 0 Å².